The van der Waals surface area contributed by atoms with Crippen molar-refractivity contribution in [2.75, 3.05) is 19.0 Å². The van der Waals surface area contributed by atoms with Gasteiger partial charge in [-0.2, -0.15) is 0 Å². The van der Waals surface area contributed by atoms with E-state index in [9.17, 15) is 9.59 Å². The first-order chi connectivity index (χ1) is 15.0. The maximum atomic E-state index is 12.3. The van der Waals surface area contributed by atoms with Crippen molar-refractivity contribution in [2.45, 2.75) is 6.92 Å². The zero-order valence-corrected chi connectivity index (χ0v) is 17.7. The number of carbonyl (C=O) groups excluding carboxylic acids is 2. The van der Waals surface area contributed by atoms with Crippen LogP contribution in [0.3, 0.4) is 0 Å². The number of carbonyl (C=O) groups is 2. The van der Waals surface area contributed by atoms with Gasteiger partial charge in [0, 0.05) is 23.0 Å². The van der Waals surface area contributed by atoms with Gasteiger partial charge in [-0.05, 0) is 61.5 Å². The fourth-order valence-electron chi connectivity index (χ4n) is 2.94. The molecule has 4 rings (SSSR count). The van der Waals surface area contributed by atoms with E-state index >= 15 is 0 Å². The van der Waals surface area contributed by atoms with Gasteiger partial charge >= 0.3 is 0 Å². The number of nitrogens with one attached hydrogen (secondary N) is 1. The molecule has 0 saturated heterocycles. The summed E-state index contributed by atoms with van der Waals surface area (Å²) in [4.78, 5) is 33.6. The number of rotatable bonds is 7. The molecule has 0 spiro atoms. The van der Waals surface area contributed by atoms with Crippen LogP contribution in [-0.2, 0) is 4.79 Å². The van der Waals surface area contributed by atoms with Gasteiger partial charge in [-0.3, -0.25) is 9.59 Å². The molecule has 1 amide bonds. The maximum Gasteiger partial charge on any atom is 0.262 e. The third kappa shape index (κ3) is 4.70. The fraction of sp³-hybridized carbons (Fsp3) is 0.130. The van der Waals surface area contributed by atoms with Crippen molar-refractivity contribution in [1.29, 1.82) is 0 Å². The number of aromatic nitrogens is 2. The Morgan fingerprint density at radius 2 is 1.87 bits per heavy atom. The molecule has 1 N–H and O–H groups in total. The Morgan fingerprint density at radius 1 is 1.06 bits per heavy atom. The largest absolute Gasteiger partial charge is 0.493 e. The van der Waals surface area contributed by atoms with E-state index in [0.29, 0.717) is 22.7 Å². The number of thiazole rings is 1. The van der Waals surface area contributed by atoms with Crippen LogP contribution in [0.25, 0.3) is 20.9 Å². The van der Waals surface area contributed by atoms with Gasteiger partial charge in [0.25, 0.3) is 5.91 Å². The number of methoxy groups -OCH3 is 1. The maximum absolute atomic E-state index is 12.3. The second-order valence-corrected chi connectivity index (χ2v) is 7.66. The number of Topliss-reactive ketones (excluding diaryl/α,β-unsaturated/α-hetero) is 1. The highest BCUT2D eigenvalue weighted by Gasteiger charge is 2.11. The zero-order chi connectivity index (χ0) is 21.8. The number of nitrogens with zero attached hydrogens (tertiary/aromatic N) is 2. The molecular formula is C23H19N3O4S. The highest BCUT2D eigenvalue weighted by Crippen LogP contribution is 2.30. The van der Waals surface area contributed by atoms with Crippen LogP contribution in [0.5, 0.6) is 11.5 Å². The topological polar surface area (TPSA) is 90.4 Å². The minimum atomic E-state index is -0.311. The van der Waals surface area contributed by atoms with E-state index in [0.717, 1.165) is 20.9 Å². The molecule has 2 aromatic heterocycles. The van der Waals surface area contributed by atoms with Gasteiger partial charge in [-0.1, -0.05) is 11.3 Å². The number of amides is 1. The molecule has 7 nitrogen and oxygen atoms in total. The summed E-state index contributed by atoms with van der Waals surface area (Å²) in [5.74, 6) is 0.403. The molecule has 0 aliphatic rings. The number of hydrogen-bond acceptors (Lipinski definition) is 7. The van der Waals surface area contributed by atoms with Crippen molar-refractivity contribution in [3.05, 3.63) is 66.4 Å². The summed E-state index contributed by atoms with van der Waals surface area (Å²) in [5.41, 5.74) is 2.98. The zero-order valence-electron chi connectivity index (χ0n) is 16.9. The molecular weight excluding hydrogens is 414 g/mol. The molecule has 156 valence electrons. The minimum Gasteiger partial charge on any atom is -0.493 e. The number of ketones is 1. The Hall–Kier alpha value is -3.78. The lowest BCUT2D eigenvalue weighted by Gasteiger charge is -2.12. The molecule has 2 aromatic carbocycles. The van der Waals surface area contributed by atoms with Gasteiger partial charge < -0.3 is 14.8 Å². The average Bonchev–Trinajstić information content (AvgIpc) is 3.22. The molecule has 0 radical (unpaired) electrons. The standard InChI is InChI=1S/C23H19N3O4S/c1-14(27)16-7-10-19(20(12-16)29-2)30-13-21(28)25-17-8-5-15(6-9-17)22-26-18-4-3-11-24-23(18)31-22/h3-12H,13H2,1-2H3,(H,25,28). The Morgan fingerprint density at radius 3 is 2.58 bits per heavy atom. The predicted molar refractivity (Wildman–Crippen MR) is 120 cm³/mol. The van der Waals surface area contributed by atoms with Gasteiger partial charge in [0.2, 0.25) is 0 Å². The van der Waals surface area contributed by atoms with Crippen molar-refractivity contribution < 1.29 is 19.1 Å². The quantitative estimate of drug-likeness (QED) is 0.429. The molecule has 31 heavy (non-hydrogen) atoms. The summed E-state index contributed by atoms with van der Waals surface area (Å²) in [6, 6.07) is 16.1. The van der Waals surface area contributed by atoms with E-state index in [1.807, 2.05) is 36.4 Å². The molecule has 0 fully saturated rings. The van der Waals surface area contributed by atoms with Gasteiger partial charge in [0.1, 0.15) is 15.4 Å². The van der Waals surface area contributed by atoms with Gasteiger partial charge in [0.15, 0.2) is 23.9 Å². The van der Waals surface area contributed by atoms with E-state index in [2.05, 4.69) is 15.3 Å². The highest BCUT2D eigenvalue weighted by molar-refractivity contribution is 7.21. The summed E-state index contributed by atoms with van der Waals surface area (Å²) >= 11 is 1.52. The predicted octanol–water partition coefficient (Wildman–Crippen LogP) is 4.59. The molecule has 0 unspecified atom stereocenters. The summed E-state index contributed by atoms with van der Waals surface area (Å²) in [6.07, 6.45) is 1.75. The van der Waals surface area contributed by atoms with E-state index in [4.69, 9.17) is 9.47 Å². The van der Waals surface area contributed by atoms with Crippen LogP contribution in [0.1, 0.15) is 17.3 Å². The summed E-state index contributed by atoms with van der Waals surface area (Å²) in [6.45, 7) is 1.28. The molecule has 0 aliphatic carbocycles. The van der Waals surface area contributed by atoms with Crippen molar-refractivity contribution in [1.82, 2.24) is 9.97 Å². The van der Waals surface area contributed by atoms with Crippen LogP contribution in [-0.4, -0.2) is 35.4 Å². The van der Waals surface area contributed by atoms with Gasteiger partial charge in [0.05, 0.1) is 7.11 Å². The number of fused-ring (bicyclic) bond motifs is 1. The first kappa shape index (κ1) is 20.5. The summed E-state index contributed by atoms with van der Waals surface area (Å²) in [5, 5.41) is 3.67. The number of benzene rings is 2. The smallest absolute Gasteiger partial charge is 0.262 e. The molecule has 4 aromatic rings. The average molecular weight is 433 g/mol. The molecule has 0 saturated carbocycles. The number of pyridine rings is 1. The SMILES string of the molecule is COc1cc(C(C)=O)ccc1OCC(=O)Nc1ccc(-c2nc3cccnc3s2)cc1. The lowest BCUT2D eigenvalue weighted by Crippen LogP contribution is -2.20. The minimum absolute atomic E-state index is 0.0758. The Labute approximate surface area is 182 Å². The molecule has 0 aliphatic heterocycles. The van der Waals surface area contributed by atoms with E-state index in [1.54, 1.807) is 24.4 Å². The number of hydrogen-bond donors (Lipinski definition) is 1. The van der Waals surface area contributed by atoms with Crippen LogP contribution in [0.4, 0.5) is 5.69 Å². The van der Waals surface area contributed by atoms with Crippen LogP contribution in [0, 0.1) is 0 Å². The van der Waals surface area contributed by atoms with Crippen LogP contribution < -0.4 is 14.8 Å². The van der Waals surface area contributed by atoms with E-state index in [1.165, 1.54) is 25.4 Å². The Kier molecular flexibility index (Phi) is 5.90. The number of ether oxygens (including phenoxy) is 2. The normalized spacial score (nSPS) is 10.6. The van der Waals surface area contributed by atoms with Gasteiger partial charge in [-0.25, -0.2) is 9.97 Å². The Balaban J connectivity index is 1.38. The first-order valence-electron chi connectivity index (χ1n) is 9.47. The second kappa shape index (κ2) is 8.93. The second-order valence-electron chi connectivity index (χ2n) is 6.68. The lowest BCUT2D eigenvalue weighted by molar-refractivity contribution is -0.118. The van der Waals surface area contributed by atoms with E-state index in [-0.39, 0.29) is 18.3 Å². The van der Waals surface area contributed by atoms with Gasteiger partial charge in [-0.15, -0.1) is 0 Å². The fourth-order valence-corrected chi connectivity index (χ4v) is 3.85. The first-order valence-corrected chi connectivity index (χ1v) is 10.3. The lowest BCUT2D eigenvalue weighted by atomic mass is 10.1. The third-order valence-corrected chi connectivity index (χ3v) is 5.54. The van der Waals surface area contributed by atoms with Crippen LogP contribution in [0.2, 0.25) is 0 Å². The molecule has 0 bridgehead atoms. The monoisotopic (exact) mass is 433 g/mol. The molecule has 8 heteroatoms. The van der Waals surface area contributed by atoms with Crippen LogP contribution in [0.15, 0.2) is 60.8 Å². The van der Waals surface area contributed by atoms with Crippen molar-refractivity contribution in [3.8, 4) is 22.1 Å². The van der Waals surface area contributed by atoms with Crippen LogP contribution >= 0.6 is 11.3 Å². The summed E-state index contributed by atoms with van der Waals surface area (Å²) < 4.78 is 10.8. The van der Waals surface area contributed by atoms with Crippen molar-refractivity contribution in [3.63, 3.8) is 0 Å². The molecule has 0 atom stereocenters. The third-order valence-electron chi connectivity index (χ3n) is 4.51. The molecule has 2 heterocycles. The summed E-state index contributed by atoms with van der Waals surface area (Å²) in [7, 11) is 1.48. The highest BCUT2D eigenvalue weighted by atomic mass is 32.1. The number of anilines is 1. The van der Waals surface area contributed by atoms with Crippen molar-refractivity contribution >= 4 is 39.1 Å². The Bertz CT molecular complexity index is 1220. The van der Waals surface area contributed by atoms with E-state index < -0.39 is 0 Å². The van der Waals surface area contributed by atoms with Crippen molar-refractivity contribution in [2.24, 2.45) is 0 Å².